The van der Waals surface area contributed by atoms with Crippen LogP contribution >= 0.6 is 15.9 Å². The van der Waals surface area contributed by atoms with Gasteiger partial charge in [-0.3, -0.25) is 4.79 Å². The number of carbonyl (C=O) groups excluding carboxylic acids is 2. The Kier molecular flexibility index (Phi) is 6.37. The zero-order chi connectivity index (χ0) is 17.5. The largest absolute Gasteiger partial charge is 0.494 e. The van der Waals surface area contributed by atoms with Gasteiger partial charge in [0.15, 0.2) is 6.10 Å². The van der Waals surface area contributed by atoms with Crippen molar-refractivity contribution in [2.45, 2.75) is 20.0 Å². The summed E-state index contributed by atoms with van der Waals surface area (Å²) >= 11 is 3.29. The SMILES string of the molecule is CCOc1ccc(NC(=O)C(C)OC(=O)c2cccc(Br)c2)cc1. The standard InChI is InChI=1S/C18H18BrNO4/c1-3-23-16-9-7-15(8-10-16)20-17(21)12(2)24-18(22)13-5-4-6-14(19)11-13/h4-12H,3H2,1-2H3,(H,20,21). The predicted octanol–water partition coefficient (Wildman–Crippen LogP) is 4.03. The molecule has 1 N–H and O–H groups in total. The lowest BCUT2D eigenvalue weighted by Crippen LogP contribution is -2.30. The number of rotatable bonds is 6. The summed E-state index contributed by atoms with van der Waals surface area (Å²) in [5.74, 6) is -0.224. The number of hydrogen-bond donors (Lipinski definition) is 1. The number of halogens is 1. The normalized spacial score (nSPS) is 11.5. The van der Waals surface area contributed by atoms with Crippen molar-refractivity contribution in [3.63, 3.8) is 0 Å². The number of benzene rings is 2. The molecule has 2 aromatic rings. The van der Waals surface area contributed by atoms with Gasteiger partial charge in [-0.1, -0.05) is 22.0 Å². The van der Waals surface area contributed by atoms with Crippen LogP contribution in [0, 0.1) is 0 Å². The molecule has 0 bridgehead atoms. The number of carbonyl (C=O) groups is 2. The molecule has 1 atom stereocenters. The highest BCUT2D eigenvalue weighted by Crippen LogP contribution is 2.17. The number of esters is 1. The molecule has 1 amide bonds. The van der Waals surface area contributed by atoms with E-state index in [9.17, 15) is 9.59 Å². The van der Waals surface area contributed by atoms with Crippen molar-refractivity contribution in [2.75, 3.05) is 11.9 Å². The zero-order valence-electron chi connectivity index (χ0n) is 13.4. The fourth-order valence-electron chi connectivity index (χ4n) is 1.94. The van der Waals surface area contributed by atoms with Crippen LogP contribution in [0.3, 0.4) is 0 Å². The molecule has 0 aliphatic carbocycles. The Hall–Kier alpha value is -2.34. The number of amides is 1. The van der Waals surface area contributed by atoms with E-state index >= 15 is 0 Å². The Bertz CT molecular complexity index is 715. The van der Waals surface area contributed by atoms with E-state index in [0.717, 1.165) is 10.2 Å². The van der Waals surface area contributed by atoms with Crippen molar-refractivity contribution in [1.29, 1.82) is 0 Å². The summed E-state index contributed by atoms with van der Waals surface area (Å²) in [6.07, 6.45) is -0.914. The Morgan fingerprint density at radius 3 is 2.50 bits per heavy atom. The fraction of sp³-hybridized carbons (Fsp3) is 0.222. The van der Waals surface area contributed by atoms with Crippen molar-refractivity contribution in [2.24, 2.45) is 0 Å². The molecule has 0 aromatic heterocycles. The zero-order valence-corrected chi connectivity index (χ0v) is 15.0. The van der Waals surface area contributed by atoms with Gasteiger partial charge < -0.3 is 14.8 Å². The maximum atomic E-state index is 12.1. The van der Waals surface area contributed by atoms with Gasteiger partial charge in [0.05, 0.1) is 12.2 Å². The molecule has 24 heavy (non-hydrogen) atoms. The fourth-order valence-corrected chi connectivity index (χ4v) is 2.34. The monoisotopic (exact) mass is 391 g/mol. The topological polar surface area (TPSA) is 64.6 Å². The van der Waals surface area contributed by atoms with Gasteiger partial charge in [-0.2, -0.15) is 0 Å². The molecule has 126 valence electrons. The lowest BCUT2D eigenvalue weighted by molar-refractivity contribution is -0.123. The van der Waals surface area contributed by atoms with Crippen LogP contribution in [0.2, 0.25) is 0 Å². The van der Waals surface area contributed by atoms with Crippen molar-refractivity contribution >= 4 is 33.5 Å². The van der Waals surface area contributed by atoms with Crippen LogP contribution in [0.4, 0.5) is 5.69 Å². The first-order valence-corrected chi connectivity index (χ1v) is 8.29. The van der Waals surface area contributed by atoms with E-state index < -0.39 is 18.0 Å². The quantitative estimate of drug-likeness (QED) is 0.754. The maximum Gasteiger partial charge on any atom is 0.338 e. The maximum absolute atomic E-state index is 12.1. The summed E-state index contributed by atoms with van der Waals surface area (Å²) in [7, 11) is 0. The van der Waals surface area contributed by atoms with E-state index in [0.29, 0.717) is 17.9 Å². The van der Waals surface area contributed by atoms with Crippen molar-refractivity contribution in [1.82, 2.24) is 0 Å². The minimum absolute atomic E-state index is 0.380. The lowest BCUT2D eigenvalue weighted by Gasteiger charge is -2.14. The highest BCUT2D eigenvalue weighted by molar-refractivity contribution is 9.10. The molecular formula is C18H18BrNO4. The highest BCUT2D eigenvalue weighted by atomic mass is 79.9. The molecule has 0 saturated heterocycles. The molecule has 5 nitrogen and oxygen atoms in total. The van der Waals surface area contributed by atoms with Crippen LogP contribution in [0.15, 0.2) is 53.0 Å². The summed E-state index contributed by atoms with van der Waals surface area (Å²) in [4.78, 5) is 24.2. The molecule has 6 heteroatoms. The van der Waals surface area contributed by atoms with Gasteiger partial charge in [-0.25, -0.2) is 4.79 Å². The van der Waals surface area contributed by atoms with Crippen LogP contribution in [-0.2, 0) is 9.53 Å². The first-order chi connectivity index (χ1) is 11.5. The average Bonchev–Trinajstić information content (AvgIpc) is 2.56. The molecule has 0 radical (unpaired) electrons. The second kappa shape index (κ2) is 8.49. The Balaban J connectivity index is 1.93. The third kappa shape index (κ3) is 5.09. The molecule has 2 aromatic carbocycles. The Labute approximate surface area is 149 Å². The molecule has 0 heterocycles. The van der Waals surface area contributed by atoms with E-state index in [2.05, 4.69) is 21.2 Å². The van der Waals surface area contributed by atoms with Crippen molar-refractivity contribution < 1.29 is 19.1 Å². The van der Waals surface area contributed by atoms with Gasteiger partial charge in [-0.15, -0.1) is 0 Å². The first-order valence-electron chi connectivity index (χ1n) is 7.50. The summed E-state index contributed by atoms with van der Waals surface area (Å²) in [5, 5.41) is 2.70. The number of ether oxygens (including phenoxy) is 2. The Morgan fingerprint density at radius 2 is 1.88 bits per heavy atom. The number of anilines is 1. The minimum Gasteiger partial charge on any atom is -0.494 e. The number of hydrogen-bond acceptors (Lipinski definition) is 4. The molecule has 0 saturated carbocycles. The van der Waals surface area contributed by atoms with Gasteiger partial charge >= 0.3 is 5.97 Å². The molecule has 0 fully saturated rings. The van der Waals surface area contributed by atoms with Crippen molar-refractivity contribution in [3.05, 3.63) is 58.6 Å². The van der Waals surface area contributed by atoms with E-state index in [1.54, 1.807) is 48.5 Å². The van der Waals surface area contributed by atoms with E-state index in [4.69, 9.17) is 9.47 Å². The number of nitrogens with one attached hydrogen (secondary N) is 1. The molecule has 1 unspecified atom stereocenters. The van der Waals surface area contributed by atoms with Gasteiger partial charge in [0.25, 0.3) is 5.91 Å². The first kappa shape index (κ1) is 18.0. The van der Waals surface area contributed by atoms with Gasteiger partial charge in [0.1, 0.15) is 5.75 Å². The summed E-state index contributed by atoms with van der Waals surface area (Å²) in [6.45, 7) is 4.01. The molecular weight excluding hydrogens is 374 g/mol. The van der Waals surface area contributed by atoms with Crippen molar-refractivity contribution in [3.8, 4) is 5.75 Å². The predicted molar refractivity (Wildman–Crippen MR) is 95.3 cm³/mol. The smallest absolute Gasteiger partial charge is 0.338 e. The van der Waals surface area contributed by atoms with Crippen LogP contribution in [-0.4, -0.2) is 24.6 Å². The summed E-state index contributed by atoms with van der Waals surface area (Å²) in [5.41, 5.74) is 0.985. The van der Waals surface area contributed by atoms with Gasteiger partial charge in [0, 0.05) is 10.2 Å². The van der Waals surface area contributed by atoms with Crippen LogP contribution in [0.25, 0.3) is 0 Å². The van der Waals surface area contributed by atoms with Crippen LogP contribution in [0.5, 0.6) is 5.75 Å². The summed E-state index contributed by atoms with van der Waals surface area (Å²) in [6, 6.07) is 13.8. The van der Waals surface area contributed by atoms with E-state index in [1.165, 1.54) is 6.92 Å². The molecule has 0 aliphatic rings. The Morgan fingerprint density at radius 1 is 1.17 bits per heavy atom. The molecule has 2 rings (SSSR count). The lowest BCUT2D eigenvalue weighted by atomic mass is 10.2. The summed E-state index contributed by atoms with van der Waals surface area (Å²) < 4.78 is 11.3. The average molecular weight is 392 g/mol. The van der Waals surface area contributed by atoms with Crippen LogP contribution in [0.1, 0.15) is 24.2 Å². The van der Waals surface area contributed by atoms with Crippen LogP contribution < -0.4 is 10.1 Å². The second-order valence-electron chi connectivity index (χ2n) is 5.00. The van der Waals surface area contributed by atoms with E-state index in [1.807, 2.05) is 6.92 Å². The highest BCUT2D eigenvalue weighted by Gasteiger charge is 2.19. The second-order valence-corrected chi connectivity index (χ2v) is 5.92. The minimum atomic E-state index is -0.914. The third-order valence-electron chi connectivity index (χ3n) is 3.15. The molecule has 0 spiro atoms. The van der Waals surface area contributed by atoms with E-state index in [-0.39, 0.29) is 0 Å². The third-order valence-corrected chi connectivity index (χ3v) is 3.64. The van der Waals surface area contributed by atoms with Gasteiger partial charge in [-0.05, 0) is 56.3 Å². The molecule has 0 aliphatic heterocycles. The van der Waals surface area contributed by atoms with Gasteiger partial charge in [0.2, 0.25) is 0 Å².